The van der Waals surface area contributed by atoms with Gasteiger partial charge in [-0.25, -0.2) is 8.42 Å². The molecule has 0 amide bonds. The lowest BCUT2D eigenvalue weighted by Gasteiger charge is -1.87. The molecule has 9 heavy (non-hydrogen) atoms. The van der Waals surface area contributed by atoms with Gasteiger partial charge in [0.05, 0.1) is 0 Å². The molecule has 0 fully saturated rings. The van der Waals surface area contributed by atoms with Gasteiger partial charge in [-0.15, -0.1) is 0 Å². The van der Waals surface area contributed by atoms with E-state index < -0.39 is 21.4 Å². The first-order valence-corrected chi connectivity index (χ1v) is 3.86. The van der Waals surface area contributed by atoms with E-state index >= 15 is 0 Å². The van der Waals surface area contributed by atoms with Crippen molar-refractivity contribution < 1.29 is 30.1 Å². The Kier molecular flexibility index (Phi) is 3.00. The summed E-state index contributed by atoms with van der Waals surface area (Å²) in [4.78, 5) is 0. The summed E-state index contributed by atoms with van der Waals surface area (Å²) >= 11 is 0. The molecule has 0 radical (unpaired) electrons. The van der Waals surface area contributed by atoms with Crippen LogP contribution in [0.4, 0.5) is 0 Å². The molecule has 0 aromatic carbocycles. The van der Waals surface area contributed by atoms with E-state index in [1.54, 1.807) is 0 Å². The summed E-state index contributed by atoms with van der Waals surface area (Å²) in [6, 6.07) is 0. The zero-order chi connectivity index (χ0) is 7.49. The van der Waals surface area contributed by atoms with Gasteiger partial charge >= 0.3 is 10.4 Å². The quantitative estimate of drug-likeness (QED) is 0.228. The fourth-order valence-corrected chi connectivity index (χ4v) is 0.570. The van der Waals surface area contributed by atoms with E-state index in [-0.39, 0.29) is 0 Å². The van der Waals surface area contributed by atoms with Crippen LogP contribution in [0.5, 0.6) is 0 Å². The van der Waals surface area contributed by atoms with Crippen LogP contribution in [-0.4, -0.2) is 21.4 Å². The molecule has 0 heterocycles. The van der Waals surface area contributed by atoms with E-state index in [2.05, 4.69) is 8.67 Å². The van der Waals surface area contributed by atoms with Crippen LogP contribution in [0, 0.1) is 0 Å². The smallest absolute Gasteiger partial charge is 0.262 e. The lowest BCUT2D eigenvalue weighted by atomic mass is 14.9. The van der Waals surface area contributed by atoms with Gasteiger partial charge in [-0.3, -0.25) is 4.55 Å². The van der Waals surface area contributed by atoms with Crippen molar-refractivity contribution in [1.29, 1.82) is 0 Å². The lowest BCUT2D eigenvalue weighted by molar-refractivity contribution is -0.0901. The summed E-state index contributed by atoms with van der Waals surface area (Å²) in [7, 11) is -8.25. The maximum Gasteiger partial charge on any atom is 0.425 e. The van der Waals surface area contributed by atoms with Gasteiger partial charge in [0, 0.05) is 0 Å². The molecule has 0 unspecified atom stereocenters. The van der Waals surface area contributed by atoms with Crippen LogP contribution in [0.15, 0.2) is 0 Å². The summed E-state index contributed by atoms with van der Waals surface area (Å²) in [6.07, 6.45) is 0. The summed E-state index contributed by atoms with van der Waals surface area (Å²) in [5.74, 6) is 0. The van der Waals surface area contributed by atoms with Crippen LogP contribution in [0.1, 0.15) is 0 Å². The minimum Gasteiger partial charge on any atom is -0.262 e. The van der Waals surface area contributed by atoms with Crippen LogP contribution in [0.25, 0.3) is 0 Å². The molecule has 9 heteroatoms. The van der Waals surface area contributed by atoms with Gasteiger partial charge in [0.15, 0.2) is 0 Å². The third-order valence-electron chi connectivity index (χ3n) is 0.177. The summed E-state index contributed by atoms with van der Waals surface area (Å²) in [5.41, 5.74) is 0. The molecule has 0 rings (SSSR count). The van der Waals surface area contributed by atoms with Gasteiger partial charge in [0.25, 0.3) is 11.0 Å². The van der Waals surface area contributed by atoms with Crippen molar-refractivity contribution in [2.75, 3.05) is 0 Å². The van der Waals surface area contributed by atoms with Crippen molar-refractivity contribution in [3.8, 4) is 0 Å². The second-order valence-electron chi connectivity index (χ2n) is 0.794. The number of hydrogen-bond acceptors (Lipinski definition) is 6. The lowest BCUT2D eigenvalue weighted by Crippen LogP contribution is -2.03. The Morgan fingerprint density at radius 2 is 1.78 bits per heavy atom. The van der Waals surface area contributed by atoms with Crippen LogP contribution in [0.2, 0.25) is 0 Å². The van der Waals surface area contributed by atoms with E-state index in [1.807, 2.05) is 0 Å². The summed E-state index contributed by atoms with van der Waals surface area (Å²) in [5, 5.41) is 0. The Balaban J connectivity index is 3.81. The minimum atomic E-state index is -4.83. The van der Waals surface area contributed by atoms with E-state index in [4.69, 9.17) is 4.55 Å². The summed E-state index contributed by atoms with van der Waals surface area (Å²) in [6.45, 7) is 0. The van der Waals surface area contributed by atoms with Crippen molar-refractivity contribution >= 4 is 21.4 Å². The average Bonchev–Trinajstić information content (AvgIpc) is 1.59. The van der Waals surface area contributed by atoms with Gasteiger partial charge in [-0.05, 0) is 0 Å². The zero-order valence-electron chi connectivity index (χ0n) is 3.75. The molecule has 7 nitrogen and oxygen atoms in total. The van der Waals surface area contributed by atoms with Gasteiger partial charge < -0.3 is 0 Å². The number of hydrogen-bond donors (Lipinski definition) is 2. The van der Waals surface area contributed by atoms with E-state index in [0.717, 1.165) is 0 Å². The topological polar surface area (TPSA) is 107 Å². The first kappa shape index (κ1) is 8.78. The normalized spacial score (nSPS) is 12.2. The molecule has 0 saturated carbocycles. The largest absolute Gasteiger partial charge is 0.425 e. The van der Waals surface area contributed by atoms with Crippen LogP contribution < -0.4 is 0 Å². The molecule has 0 aromatic rings. The highest BCUT2D eigenvalue weighted by Gasteiger charge is 2.04. The van der Waals surface area contributed by atoms with Gasteiger partial charge in [0.2, 0.25) is 0 Å². The maximum absolute atomic E-state index is 9.48. The minimum absolute atomic E-state index is 2.92. The SMILES string of the molecule is O=[SH](=O)OOS(=O)(=O)O. The molecule has 0 aliphatic rings. The Morgan fingerprint density at radius 3 is 1.89 bits per heavy atom. The Morgan fingerprint density at radius 1 is 1.33 bits per heavy atom. The molecule has 0 atom stereocenters. The Labute approximate surface area is 52.2 Å². The predicted octanol–water partition coefficient (Wildman–Crippen LogP) is -1.74. The second kappa shape index (κ2) is 3.08. The van der Waals surface area contributed by atoms with Crippen molar-refractivity contribution in [2.45, 2.75) is 0 Å². The highest BCUT2D eigenvalue weighted by molar-refractivity contribution is 7.81. The van der Waals surface area contributed by atoms with Crippen molar-refractivity contribution in [2.24, 2.45) is 0 Å². The maximum atomic E-state index is 9.48. The van der Waals surface area contributed by atoms with Crippen molar-refractivity contribution in [3.63, 3.8) is 0 Å². The van der Waals surface area contributed by atoms with Gasteiger partial charge in [-0.1, -0.05) is 8.67 Å². The molecule has 0 aliphatic heterocycles. The molecule has 56 valence electrons. The highest BCUT2D eigenvalue weighted by atomic mass is 32.3. The highest BCUT2D eigenvalue weighted by Crippen LogP contribution is 1.85. The van der Waals surface area contributed by atoms with Crippen molar-refractivity contribution in [1.82, 2.24) is 0 Å². The first-order chi connectivity index (χ1) is 3.92. The molecular weight excluding hydrogens is 176 g/mol. The fourth-order valence-electron chi connectivity index (χ4n) is 0.0633. The number of rotatable bonds is 3. The molecule has 0 spiro atoms. The summed E-state index contributed by atoms with van der Waals surface area (Å²) < 4.78 is 51.2. The fraction of sp³-hybridized carbons (Fsp3) is 0. The standard InChI is InChI=1S/H2O7S2/c1-8(2)6-7-9(3,4)5/h8H,(H,3,4,5). The molecule has 0 aliphatic carbocycles. The van der Waals surface area contributed by atoms with Crippen LogP contribution in [-0.2, 0) is 30.1 Å². The second-order valence-corrected chi connectivity index (χ2v) is 2.38. The molecule has 0 saturated heterocycles. The first-order valence-electron chi connectivity index (χ1n) is 1.40. The molecule has 0 bridgehead atoms. The third-order valence-corrected chi connectivity index (χ3v) is 0.714. The molecule has 1 N–H and O–H groups in total. The monoisotopic (exact) mass is 178 g/mol. The van der Waals surface area contributed by atoms with Crippen LogP contribution in [0.3, 0.4) is 0 Å². The Hall–Kier alpha value is -0.220. The zero-order valence-corrected chi connectivity index (χ0v) is 5.46. The predicted molar refractivity (Wildman–Crippen MR) is 24.0 cm³/mol. The number of thiol groups is 1. The van der Waals surface area contributed by atoms with Crippen LogP contribution >= 0.6 is 0 Å². The molecule has 0 aromatic heterocycles. The van der Waals surface area contributed by atoms with E-state index in [1.165, 1.54) is 0 Å². The molecular formula is H2O7S2. The third kappa shape index (κ3) is 7.78. The van der Waals surface area contributed by atoms with Gasteiger partial charge in [-0.2, -0.15) is 8.42 Å². The average molecular weight is 178 g/mol. The Bertz CT molecular complexity index is 220. The van der Waals surface area contributed by atoms with E-state index in [9.17, 15) is 16.8 Å². The van der Waals surface area contributed by atoms with Gasteiger partial charge in [0.1, 0.15) is 0 Å². The van der Waals surface area contributed by atoms with Crippen molar-refractivity contribution in [3.05, 3.63) is 0 Å². The van der Waals surface area contributed by atoms with E-state index in [0.29, 0.717) is 0 Å².